The van der Waals surface area contributed by atoms with Crippen LogP contribution in [0.1, 0.15) is 18.4 Å². The monoisotopic (exact) mass is 269 g/mol. The van der Waals surface area contributed by atoms with Gasteiger partial charge >= 0.3 is 5.97 Å². The molecular weight excluding hydrogens is 254 g/mol. The van der Waals surface area contributed by atoms with E-state index in [1.54, 1.807) is 18.2 Å². The number of likely N-dealkylation sites (tertiary alicyclic amines) is 1. The van der Waals surface area contributed by atoms with Gasteiger partial charge in [0.2, 0.25) is 0 Å². The van der Waals surface area contributed by atoms with E-state index in [0.717, 1.165) is 24.9 Å². The molecule has 0 aromatic heterocycles. The number of benzene rings is 1. The summed E-state index contributed by atoms with van der Waals surface area (Å²) in [6.07, 6.45) is 1.60. The van der Waals surface area contributed by atoms with Crippen LogP contribution in [0.5, 0.6) is 5.75 Å². The molecule has 0 bridgehead atoms. The molecule has 0 amide bonds. The number of carboxylic acid groups (broad SMARTS) is 1. The van der Waals surface area contributed by atoms with Crippen molar-refractivity contribution in [1.82, 2.24) is 4.90 Å². The average molecular weight is 270 g/mol. The number of nitrogens with zero attached hydrogens (tertiary/aromatic N) is 1. The lowest BCUT2D eigenvalue weighted by molar-refractivity contribution is -0.143. The maximum atomic E-state index is 11.0. The second-order valence-electron chi connectivity index (χ2n) is 4.69. The number of halogens is 1. The lowest BCUT2D eigenvalue weighted by Crippen LogP contribution is -2.38. The Labute approximate surface area is 111 Å². The molecule has 2 rings (SSSR count). The number of aromatic hydroxyl groups is 1. The van der Waals surface area contributed by atoms with E-state index in [0.29, 0.717) is 18.1 Å². The predicted octanol–water partition coefficient (Wildman–Crippen LogP) is 2.34. The van der Waals surface area contributed by atoms with E-state index >= 15 is 0 Å². The van der Waals surface area contributed by atoms with Crippen LogP contribution in [-0.4, -0.2) is 34.2 Å². The van der Waals surface area contributed by atoms with Gasteiger partial charge in [0, 0.05) is 23.7 Å². The fourth-order valence-corrected chi connectivity index (χ4v) is 2.52. The van der Waals surface area contributed by atoms with Crippen molar-refractivity contribution in [2.45, 2.75) is 19.4 Å². The van der Waals surface area contributed by atoms with Crippen molar-refractivity contribution in [3.63, 3.8) is 0 Å². The van der Waals surface area contributed by atoms with E-state index in [9.17, 15) is 9.90 Å². The Morgan fingerprint density at radius 2 is 2.28 bits per heavy atom. The summed E-state index contributed by atoms with van der Waals surface area (Å²) in [5.74, 6) is -0.841. The molecule has 1 aliphatic rings. The van der Waals surface area contributed by atoms with Gasteiger partial charge in [-0.15, -0.1) is 0 Å². The first-order valence-electron chi connectivity index (χ1n) is 5.99. The first-order chi connectivity index (χ1) is 8.56. The maximum Gasteiger partial charge on any atom is 0.307 e. The standard InChI is InChI=1S/C13H16ClNO3/c14-11-3-4-12(16)10(6-11)8-15-5-1-2-9(7-15)13(17)18/h3-4,6,9,16H,1-2,5,7-8H2,(H,17,18). The van der Waals surface area contributed by atoms with Gasteiger partial charge in [-0.05, 0) is 37.6 Å². The third-order valence-electron chi connectivity index (χ3n) is 3.29. The molecule has 5 heteroatoms. The van der Waals surface area contributed by atoms with Gasteiger partial charge in [-0.2, -0.15) is 0 Å². The van der Waals surface area contributed by atoms with Gasteiger partial charge in [-0.1, -0.05) is 11.6 Å². The number of carboxylic acids is 1. The highest BCUT2D eigenvalue weighted by molar-refractivity contribution is 6.30. The Morgan fingerprint density at radius 3 is 3.00 bits per heavy atom. The smallest absolute Gasteiger partial charge is 0.307 e. The molecule has 0 radical (unpaired) electrons. The minimum Gasteiger partial charge on any atom is -0.508 e. The van der Waals surface area contributed by atoms with Crippen LogP contribution in [-0.2, 0) is 11.3 Å². The summed E-state index contributed by atoms with van der Waals surface area (Å²) in [7, 11) is 0. The number of phenols is 1. The van der Waals surface area contributed by atoms with Gasteiger partial charge in [0.25, 0.3) is 0 Å². The lowest BCUT2D eigenvalue weighted by Gasteiger charge is -2.30. The summed E-state index contributed by atoms with van der Waals surface area (Å²) in [6, 6.07) is 4.92. The second kappa shape index (κ2) is 5.59. The molecule has 1 saturated heterocycles. The summed E-state index contributed by atoms with van der Waals surface area (Å²) >= 11 is 5.89. The molecule has 2 N–H and O–H groups in total. The van der Waals surface area contributed by atoms with Crippen molar-refractivity contribution in [2.75, 3.05) is 13.1 Å². The van der Waals surface area contributed by atoms with Crippen LogP contribution in [0.2, 0.25) is 5.02 Å². The molecule has 0 spiro atoms. The zero-order chi connectivity index (χ0) is 13.1. The topological polar surface area (TPSA) is 60.8 Å². The van der Waals surface area contributed by atoms with Crippen molar-refractivity contribution in [3.8, 4) is 5.75 Å². The van der Waals surface area contributed by atoms with Crippen LogP contribution in [0.25, 0.3) is 0 Å². The first-order valence-corrected chi connectivity index (χ1v) is 6.36. The molecule has 1 aromatic rings. The lowest BCUT2D eigenvalue weighted by atomic mass is 9.98. The minimum absolute atomic E-state index is 0.205. The molecule has 98 valence electrons. The Balaban J connectivity index is 2.04. The molecule has 1 heterocycles. The molecule has 4 nitrogen and oxygen atoms in total. The summed E-state index contributed by atoms with van der Waals surface area (Å²) in [4.78, 5) is 13.0. The predicted molar refractivity (Wildman–Crippen MR) is 68.8 cm³/mol. The summed E-state index contributed by atoms with van der Waals surface area (Å²) in [5.41, 5.74) is 0.744. The number of piperidine rings is 1. The Kier molecular flexibility index (Phi) is 4.09. The highest BCUT2D eigenvalue weighted by Crippen LogP contribution is 2.25. The minimum atomic E-state index is -0.741. The van der Waals surface area contributed by atoms with Crippen LogP contribution in [0.15, 0.2) is 18.2 Å². The SMILES string of the molecule is O=C(O)C1CCCN(Cc2cc(Cl)ccc2O)C1. The van der Waals surface area contributed by atoms with E-state index in [1.165, 1.54) is 0 Å². The molecule has 1 unspecified atom stereocenters. The molecule has 1 atom stereocenters. The van der Waals surface area contributed by atoms with E-state index in [1.807, 2.05) is 4.90 Å². The van der Waals surface area contributed by atoms with E-state index < -0.39 is 5.97 Å². The molecule has 1 aromatic carbocycles. The van der Waals surface area contributed by atoms with Gasteiger partial charge in [0.1, 0.15) is 5.75 Å². The fraction of sp³-hybridized carbons (Fsp3) is 0.462. The quantitative estimate of drug-likeness (QED) is 0.884. The number of carbonyl (C=O) groups is 1. The van der Waals surface area contributed by atoms with Crippen LogP contribution >= 0.6 is 11.6 Å². The average Bonchev–Trinajstić information content (AvgIpc) is 2.34. The van der Waals surface area contributed by atoms with Crippen molar-refractivity contribution in [1.29, 1.82) is 0 Å². The highest BCUT2D eigenvalue weighted by atomic mass is 35.5. The maximum absolute atomic E-state index is 11.0. The zero-order valence-electron chi connectivity index (χ0n) is 9.97. The number of hydrogen-bond acceptors (Lipinski definition) is 3. The Hall–Kier alpha value is -1.26. The van der Waals surface area contributed by atoms with Gasteiger partial charge in [0.15, 0.2) is 0 Å². The van der Waals surface area contributed by atoms with Gasteiger partial charge in [0.05, 0.1) is 5.92 Å². The van der Waals surface area contributed by atoms with Gasteiger partial charge in [-0.3, -0.25) is 9.69 Å². The van der Waals surface area contributed by atoms with Crippen molar-refractivity contribution in [3.05, 3.63) is 28.8 Å². The van der Waals surface area contributed by atoms with Gasteiger partial charge < -0.3 is 10.2 Å². The zero-order valence-corrected chi connectivity index (χ0v) is 10.7. The summed E-state index contributed by atoms with van der Waals surface area (Å²) in [6.45, 7) is 1.92. The number of hydrogen-bond donors (Lipinski definition) is 2. The molecule has 18 heavy (non-hydrogen) atoms. The fourth-order valence-electron chi connectivity index (χ4n) is 2.32. The van der Waals surface area contributed by atoms with E-state index in [4.69, 9.17) is 16.7 Å². The highest BCUT2D eigenvalue weighted by Gasteiger charge is 2.25. The van der Waals surface area contributed by atoms with Crippen molar-refractivity contribution >= 4 is 17.6 Å². The largest absolute Gasteiger partial charge is 0.508 e. The third-order valence-corrected chi connectivity index (χ3v) is 3.53. The molecule has 1 fully saturated rings. The number of aliphatic carboxylic acids is 1. The normalized spacial score (nSPS) is 20.8. The Bertz CT molecular complexity index is 450. The van der Waals surface area contributed by atoms with E-state index in [2.05, 4.69) is 0 Å². The molecule has 0 aliphatic carbocycles. The van der Waals surface area contributed by atoms with E-state index in [-0.39, 0.29) is 11.7 Å². The van der Waals surface area contributed by atoms with Crippen LogP contribution in [0, 0.1) is 5.92 Å². The molecular formula is C13H16ClNO3. The van der Waals surface area contributed by atoms with Crippen molar-refractivity contribution in [2.24, 2.45) is 5.92 Å². The van der Waals surface area contributed by atoms with Crippen LogP contribution in [0.4, 0.5) is 0 Å². The number of rotatable bonds is 3. The first kappa shape index (κ1) is 13.2. The Morgan fingerprint density at radius 1 is 1.50 bits per heavy atom. The van der Waals surface area contributed by atoms with Crippen LogP contribution < -0.4 is 0 Å². The number of phenolic OH excluding ortho intramolecular Hbond substituents is 1. The molecule has 1 aliphatic heterocycles. The summed E-state index contributed by atoms with van der Waals surface area (Å²) in [5, 5.41) is 19.3. The third kappa shape index (κ3) is 3.15. The molecule has 0 saturated carbocycles. The summed E-state index contributed by atoms with van der Waals surface area (Å²) < 4.78 is 0. The van der Waals surface area contributed by atoms with Crippen LogP contribution in [0.3, 0.4) is 0 Å². The van der Waals surface area contributed by atoms with Gasteiger partial charge in [-0.25, -0.2) is 0 Å². The second-order valence-corrected chi connectivity index (χ2v) is 5.12. The van der Waals surface area contributed by atoms with Crippen molar-refractivity contribution < 1.29 is 15.0 Å².